The fraction of sp³-hybridized carbons (Fsp3) is 0.818. The Morgan fingerprint density at radius 3 is 2.72 bits per heavy atom. The highest BCUT2D eigenvalue weighted by Gasteiger charge is 2.39. The number of aliphatic hydroxyl groups excluding tert-OH is 1. The predicted molar refractivity (Wildman–Crippen MR) is 63.3 cm³/mol. The lowest BCUT2D eigenvalue weighted by Gasteiger charge is -2.27. The van der Waals surface area contributed by atoms with Gasteiger partial charge in [0.05, 0.1) is 6.10 Å². The Labute approximate surface area is 106 Å². The Hall–Kier alpha value is -1.34. The Morgan fingerprint density at radius 1 is 1.50 bits per heavy atom. The number of likely N-dealkylation sites (tertiary alicyclic amines) is 1. The number of carboxylic acids is 1. The van der Waals surface area contributed by atoms with Gasteiger partial charge in [-0.05, 0) is 6.42 Å². The first-order valence-electron chi connectivity index (χ1n) is 5.89. The molecule has 0 radical (unpaired) electrons. The number of hydrogen-bond donors (Lipinski definition) is 2. The average molecular weight is 260 g/mol. The standard InChI is InChI=1S/C11H20N2O5/c1-12(4-3-5-18-2)11(17)13-7-8(14)6-9(13)10(15)16/h8-9,14H,3-7H2,1-2H3,(H,15,16)/t8?,9-/m0/s1. The van der Waals surface area contributed by atoms with E-state index < -0.39 is 18.1 Å². The lowest BCUT2D eigenvalue weighted by atomic mass is 10.2. The third-order valence-electron chi connectivity index (χ3n) is 2.98. The van der Waals surface area contributed by atoms with Crippen molar-refractivity contribution in [3.05, 3.63) is 0 Å². The van der Waals surface area contributed by atoms with Crippen LogP contribution in [0.15, 0.2) is 0 Å². The first-order chi connectivity index (χ1) is 8.47. The van der Waals surface area contributed by atoms with Gasteiger partial charge in [0.1, 0.15) is 6.04 Å². The van der Waals surface area contributed by atoms with Crippen molar-refractivity contribution >= 4 is 12.0 Å². The Balaban J connectivity index is 2.56. The Kier molecular flexibility index (Phi) is 5.36. The molecule has 0 bridgehead atoms. The maximum atomic E-state index is 12.0. The van der Waals surface area contributed by atoms with Crippen LogP contribution in [0.5, 0.6) is 0 Å². The van der Waals surface area contributed by atoms with Crippen molar-refractivity contribution in [3.63, 3.8) is 0 Å². The van der Waals surface area contributed by atoms with E-state index >= 15 is 0 Å². The highest BCUT2D eigenvalue weighted by molar-refractivity contribution is 5.83. The zero-order valence-corrected chi connectivity index (χ0v) is 10.7. The summed E-state index contributed by atoms with van der Waals surface area (Å²) in [6, 6.07) is -1.30. The van der Waals surface area contributed by atoms with Crippen molar-refractivity contribution in [2.24, 2.45) is 0 Å². The van der Waals surface area contributed by atoms with E-state index in [9.17, 15) is 14.7 Å². The summed E-state index contributed by atoms with van der Waals surface area (Å²) in [6.07, 6.45) is 0.0160. The van der Waals surface area contributed by atoms with Crippen molar-refractivity contribution in [1.29, 1.82) is 0 Å². The predicted octanol–water partition coefficient (Wildman–Crippen LogP) is -0.405. The summed E-state index contributed by atoms with van der Waals surface area (Å²) in [6.45, 7) is 1.11. The zero-order valence-electron chi connectivity index (χ0n) is 10.7. The Morgan fingerprint density at radius 2 is 2.17 bits per heavy atom. The molecule has 0 aromatic rings. The van der Waals surface area contributed by atoms with E-state index in [4.69, 9.17) is 9.84 Å². The van der Waals surface area contributed by atoms with Crippen molar-refractivity contribution in [2.75, 3.05) is 33.9 Å². The summed E-state index contributed by atoms with van der Waals surface area (Å²) in [5, 5.41) is 18.5. The molecular formula is C11H20N2O5. The van der Waals surface area contributed by atoms with Gasteiger partial charge in [0, 0.05) is 40.3 Å². The van der Waals surface area contributed by atoms with Crippen LogP contribution in [0.25, 0.3) is 0 Å². The SMILES string of the molecule is COCCCN(C)C(=O)N1CC(O)C[C@H]1C(=O)O. The number of ether oxygens (including phenoxy) is 1. The smallest absolute Gasteiger partial charge is 0.326 e. The first kappa shape index (κ1) is 14.7. The molecule has 7 heteroatoms. The third-order valence-corrected chi connectivity index (χ3v) is 2.98. The van der Waals surface area contributed by atoms with E-state index in [2.05, 4.69) is 0 Å². The summed E-state index contributed by atoms with van der Waals surface area (Å²) >= 11 is 0. The number of carbonyl (C=O) groups excluding carboxylic acids is 1. The van der Waals surface area contributed by atoms with Crippen LogP contribution in [0.2, 0.25) is 0 Å². The van der Waals surface area contributed by atoms with Crippen molar-refractivity contribution in [3.8, 4) is 0 Å². The number of aliphatic carboxylic acids is 1. The maximum Gasteiger partial charge on any atom is 0.326 e. The van der Waals surface area contributed by atoms with Gasteiger partial charge in [0.15, 0.2) is 0 Å². The Bertz CT molecular complexity index is 310. The largest absolute Gasteiger partial charge is 0.480 e. The molecule has 0 aromatic carbocycles. The third kappa shape index (κ3) is 3.58. The number of nitrogens with zero attached hydrogens (tertiary/aromatic N) is 2. The van der Waals surface area contributed by atoms with Crippen molar-refractivity contribution in [1.82, 2.24) is 9.80 Å². The van der Waals surface area contributed by atoms with Crippen LogP contribution in [0.3, 0.4) is 0 Å². The molecule has 1 aliphatic rings. The van der Waals surface area contributed by atoms with Crippen LogP contribution in [-0.2, 0) is 9.53 Å². The molecule has 2 amide bonds. The highest BCUT2D eigenvalue weighted by Crippen LogP contribution is 2.19. The number of carbonyl (C=O) groups is 2. The summed E-state index contributed by atoms with van der Waals surface area (Å²) < 4.78 is 4.89. The van der Waals surface area contributed by atoms with Crippen LogP contribution in [0.1, 0.15) is 12.8 Å². The molecule has 7 nitrogen and oxygen atoms in total. The quantitative estimate of drug-likeness (QED) is 0.656. The highest BCUT2D eigenvalue weighted by atomic mass is 16.5. The molecule has 1 fully saturated rings. The molecule has 18 heavy (non-hydrogen) atoms. The summed E-state index contributed by atoms with van der Waals surface area (Å²) in [7, 11) is 3.20. The van der Waals surface area contributed by atoms with Crippen molar-refractivity contribution < 1.29 is 24.5 Å². The second kappa shape index (κ2) is 6.55. The molecule has 104 valence electrons. The summed E-state index contributed by atoms with van der Waals surface area (Å²) in [4.78, 5) is 25.7. The number of amides is 2. The number of β-amino-alcohol motifs (C(OH)–C–C–N with tert-alkyl or cyclic N) is 1. The molecule has 1 saturated heterocycles. The fourth-order valence-electron chi connectivity index (χ4n) is 2.02. The molecule has 2 N–H and O–H groups in total. The molecule has 1 aliphatic heterocycles. The van der Waals surface area contributed by atoms with Gasteiger partial charge in [-0.1, -0.05) is 0 Å². The van der Waals surface area contributed by atoms with Crippen LogP contribution in [0, 0.1) is 0 Å². The minimum atomic E-state index is -1.08. The molecule has 0 aliphatic carbocycles. The van der Waals surface area contributed by atoms with Crippen LogP contribution < -0.4 is 0 Å². The van der Waals surface area contributed by atoms with E-state index in [1.54, 1.807) is 14.2 Å². The van der Waals surface area contributed by atoms with Crippen LogP contribution in [-0.4, -0.2) is 78.0 Å². The molecule has 1 unspecified atom stereocenters. The van der Waals surface area contributed by atoms with E-state index in [0.29, 0.717) is 19.6 Å². The minimum Gasteiger partial charge on any atom is -0.480 e. The first-order valence-corrected chi connectivity index (χ1v) is 5.89. The zero-order chi connectivity index (χ0) is 13.7. The van der Waals surface area contributed by atoms with Crippen LogP contribution in [0.4, 0.5) is 4.79 Å². The number of aliphatic hydroxyl groups is 1. The van der Waals surface area contributed by atoms with Gasteiger partial charge in [-0.2, -0.15) is 0 Å². The maximum absolute atomic E-state index is 12.0. The molecule has 2 atom stereocenters. The van der Waals surface area contributed by atoms with Crippen LogP contribution >= 0.6 is 0 Å². The molecule has 0 aromatic heterocycles. The minimum absolute atomic E-state index is 0.0738. The van der Waals surface area contributed by atoms with E-state index in [0.717, 1.165) is 0 Å². The summed E-state index contributed by atoms with van der Waals surface area (Å²) in [5.41, 5.74) is 0. The van der Waals surface area contributed by atoms with Gasteiger partial charge in [-0.15, -0.1) is 0 Å². The monoisotopic (exact) mass is 260 g/mol. The molecule has 1 heterocycles. The van der Waals surface area contributed by atoms with E-state index in [-0.39, 0.29) is 19.0 Å². The lowest BCUT2D eigenvalue weighted by molar-refractivity contribution is -0.141. The van der Waals surface area contributed by atoms with Gasteiger partial charge in [-0.3, -0.25) is 0 Å². The number of urea groups is 1. The second-order valence-electron chi connectivity index (χ2n) is 4.45. The van der Waals surface area contributed by atoms with E-state index in [1.165, 1.54) is 9.80 Å². The molecule has 1 rings (SSSR count). The number of hydrogen-bond acceptors (Lipinski definition) is 4. The van der Waals surface area contributed by atoms with Gasteiger partial charge in [-0.25, -0.2) is 9.59 Å². The van der Waals surface area contributed by atoms with E-state index in [1.807, 2.05) is 0 Å². The molecule has 0 saturated carbocycles. The van der Waals surface area contributed by atoms with Crippen molar-refractivity contribution in [2.45, 2.75) is 25.0 Å². The average Bonchev–Trinajstić information content (AvgIpc) is 2.70. The second-order valence-corrected chi connectivity index (χ2v) is 4.45. The number of rotatable bonds is 5. The fourth-order valence-corrected chi connectivity index (χ4v) is 2.02. The normalized spacial score (nSPS) is 23.2. The summed E-state index contributed by atoms with van der Waals surface area (Å²) in [5.74, 6) is -1.08. The molecule has 0 spiro atoms. The van der Waals surface area contributed by atoms with Gasteiger partial charge >= 0.3 is 12.0 Å². The van der Waals surface area contributed by atoms with Gasteiger partial charge in [0.2, 0.25) is 0 Å². The molecular weight excluding hydrogens is 240 g/mol. The lowest BCUT2D eigenvalue weighted by Crippen LogP contribution is -2.47. The topological polar surface area (TPSA) is 90.3 Å². The number of carboxylic acid groups (broad SMARTS) is 1. The van der Waals surface area contributed by atoms with Gasteiger partial charge in [0.25, 0.3) is 0 Å². The number of methoxy groups -OCH3 is 1. The van der Waals surface area contributed by atoms with Gasteiger partial charge < -0.3 is 24.7 Å².